The van der Waals surface area contributed by atoms with Crippen molar-refractivity contribution in [3.8, 4) is 5.75 Å². The molecule has 1 aliphatic carbocycles. The number of aliphatic carboxylic acids is 1. The van der Waals surface area contributed by atoms with E-state index in [4.69, 9.17) is 0 Å². The maximum Gasteiger partial charge on any atom is 0.314 e. The van der Waals surface area contributed by atoms with E-state index >= 15 is 0 Å². The summed E-state index contributed by atoms with van der Waals surface area (Å²) in [6.07, 6.45) is 3.82. The van der Waals surface area contributed by atoms with Crippen molar-refractivity contribution >= 4 is 16.9 Å². The van der Waals surface area contributed by atoms with Crippen LogP contribution in [-0.2, 0) is 10.2 Å². The van der Waals surface area contributed by atoms with Crippen molar-refractivity contribution in [2.75, 3.05) is 0 Å². The summed E-state index contributed by atoms with van der Waals surface area (Å²) >= 11 is 0. The SMILES string of the molecule is O=C(O)C1(c2ccc(O)c3ncccc23)CCC1. The van der Waals surface area contributed by atoms with E-state index in [9.17, 15) is 15.0 Å². The molecule has 0 saturated heterocycles. The van der Waals surface area contributed by atoms with Crippen LogP contribution in [0.15, 0.2) is 30.5 Å². The fourth-order valence-corrected chi connectivity index (χ4v) is 2.70. The number of phenolic OH excluding ortho intramolecular Hbond substituents is 1. The van der Waals surface area contributed by atoms with Gasteiger partial charge in [0.15, 0.2) is 0 Å². The molecule has 1 saturated carbocycles. The third kappa shape index (κ3) is 1.32. The number of rotatable bonds is 2. The number of benzene rings is 1. The van der Waals surface area contributed by atoms with Crippen LogP contribution >= 0.6 is 0 Å². The van der Waals surface area contributed by atoms with Crippen LogP contribution in [0, 0.1) is 0 Å². The molecule has 1 aromatic heterocycles. The Bertz CT molecular complexity index is 632. The molecule has 1 heterocycles. The highest BCUT2D eigenvalue weighted by molar-refractivity contribution is 5.94. The van der Waals surface area contributed by atoms with Gasteiger partial charge in [-0.1, -0.05) is 18.6 Å². The highest BCUT2D eigenvalue weighted by Crippen LogP contribution is 2.47. The number of pyridine rings is 1. The number of hydrogen-bond acceptors (Lipinski definition) is 3. The first kappa shape index (κ1) is 11.0. The zero-order valence-corrected chi connectivity index (χ0v) is 9.76. The van der Waals surface area contributed by atoms with Crippen LogP contribution in [0.1, 0.15) is 24.8 Å². The summed E-state index contributed by atoms with van der Waals surface area (Å²) in [6, 6.07) is 6.83. The maximum atomic E-state index is 11.5. The van der Waals surface area contributed by atoms with Gasteiger partial charge in [-0.05, 0) is 30.5 Å². The fraction of sp³-hybridized carbons (Fsp3) is 0.286. The van der Waals surface area contributed by atoms with Gasteiger partial charge < -0.3 is 10.2 Å². The number of hydrogen-bond donors (Lipinski definition) is 2. The Morgan fingerprint density at radius 2 is 2.06 bits per heavy atom. The van der Waals surface area contributed by atoms with E-state index in [1.807, 2.05) is 6.07 Å². The average molecular weight is 243 g/mol. The van der Waals surface area contributed by atoms with Crippen molar-refractivity contribution in [3.05, 3.63) is 36.0 Å². The van der Waals surface area contributed by atoms with Gasteiger partial charge >= 0.3 is 5.97 Å². The summed E-state index contributed by atoms with van der Waals surface area (Å²) in [6.45, 7) is 0. The molecule has 1 fully saturated rings. The highest BCUT2D eigenvalue weighted by Gasteiger charge is 2.46. The normalized spacial score (nSPS) is 17.3. The minimum absolute atomic E-state index is 0.0919. The quantitative estimate of drug-likeness (QED) is 0.849. The molecule has 18 heavy (non-hydrogen) atoms. The van der Waals surface area contributed by atoms with Crippen LogP contribution in [0.3, 0.4) is 0 Å². The predicted octanol–water partition coefficient (Wildman–Crippen LogP) is 2.45. The van der Waals surface area contributed by atoms with Crippen molar-refractivity contribution in [3.63, 3.8) is 0 Å². The van der Waals surface area contributed by atoms with E-state index in [0.717, 1.165) is 17.4 Å². The Morgan fingerprint density at radius 3 is 2.67 bits per heavy atom. The standard InChI is InChI=1S/C14H13NO3/c16-11-5-4-10(9-3-1-8-15-12(9)11)14(13(17)18)6-2-7-14/h1,3-5,8,16H,2,6-7H2,(H,17,18). The topological polar surface area (TPSA) is 70.4 Å². The Balaban J connectivity index is 2.30. The number of carboxylic acids is 1. The van der Waals surface area contributed by atoms with Gasteiger partial charge in [-0.15, -0.1) is 0 Å². The molecule has 2 N–H and O–H groups in total. The Labute approximate surface area is 104 Å². The third-order valence-corrected chi connectivity index (χ3v) is 3.88. The predicted molar refractivity (Wildman–Crippen MR) is 66.6 cm³/mol. The van der Waals surface area contributed by atoms with Crippen LogP contribution in [0.4, 0.5) is 0 Å². The van der Waals surface area contributed by atoms with Crippen molar-refractivity contribution in [1.29, 1.82) is 0 Å². The smallest absolute Gasteiger partial charge is 0.314 e. The first-order chi connectivity index (χ1) is 8.65. The number of nitrogens with zero attached hydrogens (tertiary/aromatic N) is 1. The molecule has 1 aliphatic rings. The van der Waals surface area contributed by atoms with Gasteiger partial charge in [0.2, 0.25) is 0 Å². The second kappa shape index (κ2) is 3.70. The minimum atomic E-state index is -0.797. The summed E-state index contributed by atoms with van der Waals surface area (Å²) in [5, 5.41) is 20.0. The minimum Gasteiger partial charge on any atom is -0.506 e. The lowest BCUT2D eigenvalue weighted by Gasteiger charge is -2.38. The molecule has 3 rings (SSSR count). The van der Waals surface area contributed by atoms with Gasteiger partial charge in [0.25, 0.3) is 0 Å². The Hall–Kier alpha value is -2.10. The van der Waals surface area contributed by atoms with Gasteiger partial charge in [0.05, 0.1) is 5.41 Å². The monoisotopic (exact) mass is 243 g/mol. The first-order valence-electron chi connectivity index (χ1n) is 5.96. The molecule has 92 valence electrons. The summed E-state index contributed by atoms with van der Waals surface area (Å²) < 4.78 is 0. The van der Waals surface area contributed by atoms with Crippen molar-refractivity contribution in [2.45, 2.75) is 24.7 Å². The number of carboxylic acid groups (broad SMARTS) is 1. The molecule has 0 spiro atoms. The molecule has 4 heteroatoms. The third-order valence-electron chi connectivity index (χ3n) is 3.88. The molecule has 0 unspecified atom stereocenters. The summed E-state index contributed by atoms with van der Waals surface area (Å²) in [5.41, 5.74) is 0.444. The van der Waals surface area contributed by atoms with E-state index in [0.29, 0.717) is 18.4 Å². The van der Waals surface area contributed by atoms with Gasteiger partial charge in [-0.25, -0.2) is 0 Å². The van der Waals surface area contributed by atoms with E-state index in [1.54, 1.807) is 18.3 Å². The lowest BCUT2D eigenvalue weighted by Crippen LogP contribution is -2.42. The molecular weight excluding hydrogens is 230 g/mol. The molecular formula is C14H13NO3. The molecule has 1 aromatic carbocycles. The maximum absolute atomic E-state index is 11.5. The largest absolute Gasteiger partial charge is 0.506 e. The van der Waals surface area contributed by atoms with E-state index in [2.05, 4.69) is 4.98 Å². The average Bonchev–Trinajstić information content (AvgIpc) is 2.30. The van der Waals surface area contributed by atoms with E-state index in [-0.39, 0.29) is 5.75 Å². The Morgan fingerprint density at radius 1 is 1.28 bits per heavy atom. The van der Waals surface area contributed by atoms with Gasteiger partial charge in [0.1, 0.15) is 11.3 Å². The molecule has 0 aliphatic heterocycles. The van der Waals surface area contributed by atoms with Crippen LogP contribution in [0.2, 0.25) is 0 Å². The van der Waals surface area contributed by atoms with Crippen LogP contribution in [0.25, 0.3) is 10.9 Å². The second-order valence-electron chi connectivity index (χ2n) is 4.77. The molecule has 0 bridgehead atoms. The van der Waals surface area contributed by atoms with E-state index in [1.165, 1.54) is 6.07 Å². The van der Waals surface area contributed by atoms with Crippen LogP contribution in [-0.4, -0.2) is 21.2 Å². The van der Waals surface area contributed by atoms with Crippen LogP contribution < -0.4 is 0 Å². The molecule has 2 aromatic rings. The number of phenols is 1. The number of aromatic nitrogens is 1. The van der Waals surface area contributed by atoms with E-state index < -0.39 is 11.4 Å². The zero-order valence-electron chi connectivity index (χ0n) is 9.76. The molecule has 0 radical (unpaired) electrons. The Kier molecular flexibility index (Phi) is 2.26. The zero-order chi connectivity index (χ0) is 12.8. The number of fused-ring (bicyclic) bond motifs is 1. The molecule has 0 amide bonds. The van der Waals surface area contributed by atoms with Crippen LogP contribution in [0.5, 0.6) is 5.75 Å². The second-order valence-corrected chi connectivity index (χ2v) is 4.77. The fourth-order valence-electron chi connectivity index (χ4n) is 2.70. The lowest BCUT2D eigenvalue weighted by molar-refractivity contribution is -0.147. The van der Waals surface area contributed by atoms with Crippen molar-refractivity contribution < 1.29 is 15.0 Å². The van der Waals surface area contributed by atoms with Crippen molar-refractivity contribution in [1.82, 2.24) is 4.98 Å². The number of carbonyl (C=O) groups is 1. The van der Waals surface area contributed by atoms with Gasteiger partial charge in [-0.2, -0.15) is 0 Å². The molecule has 4 nitrogen and oxygen atoms in total. The van der Waals surface area contributed by atoms with Crippen molar-refractivity contribution in [2.24, 2.45) is 0 Å². The van der Waals surface area contributed by atoms with Gasteiger partial charge in [0, 0.05) is 11.6 Å². The summed E-state index contributed by atoms with van der Waals surface area (Å²) in [4.78, 5) is 15.7. The summed E-state index contributed by atoms with van der Waals surface area (Å²) in [7, 11) is 0. The summed E-state index contributed by atoms with van der Waals surface area (Å²) in [5.74, 6) is -0.696. The van der Waals surface area contributed by atoms with Gasteiger partial charge in [-0.3, -0.25) is 9.78 Å². The molecule has 0 atom stereocenters. The number of aromatic hydroxyl groups is 1. The lowest BCUT2D eigenvalue weighted by atomic mass is 9.63. The highest BCUT2D eigenvalue weighted by atomic mass is 16.4. The first-order valence-corrected chi connectivity index (χ1v) is 5.96.